The number of hydrogen-bond donors (Lipinski definition) is 3. The van der Waals surface area contributed by atoms with E-state index in [-0.39, 0.29) is 31.5 Å². The summed E-state index contributed by atoms with van der Waals surface area (Å²) in [6, 6.07) is 14.8. The maximum absolute atomic E-state index is 14.9. The van der Waals surface area contributed by atoms with E-state index >= 15 is 0 Å². The van der Waals surface area contributed by atoms with Crippen LogP contribution in [-0.4, -0.2) is 81.7 Å². The molecule has 2 bridgehead atoms. The van der Waals surface area contributed by atoms with E-state index in [0.29, 0.717) is 42.5 Å². The van der Waals surface area contributed by atoms with Gasteiger partial charge in [0.1, 0.15) is 6.04 Å². The van der Waals surface area contributed by atoms with Gasteiger partial charge in [-0.1, -0.05) is 65.9 Å². The third-order valence-electron chi connectivity index (χ3n) is 9.79. The SMILES string of the molecule is O=C(O)C[C@@H](O)CC(=O)N1C[C@@H]2C#CC[C@](c3ccc(CCCOc4c(F)ccc(F)c4F)cc3)(N2)[C@H]1C(=O)N(CCc1ccccc1Cl)C1CC1. The first kappa shape index (κ1) is 37.2. The van der Waals surface area contributed by atoms with Crippen LogP contribution in [0.5, 0.6) is 5.75 Å². The van der Waals surface area contributed by atoms with Crippen molar-refractivity contribution in [1.29, 1.82) is 0 Å². The average molecular weight is 738 g/mol. The number of carboxylic acids is 1. The molecule has 274 valence electrons. The summed E-state index contributed by atoms with van der Waals surface area (Å²) < 4.78 is 46.7. The molecule has 0 spiro atoms. The molecule has 1 saturated heterocycles. The number of nitrogens with zero attached hydrogens (tertiary/aromatic N) is 2. The van der Waals surface area contributed by atoms with E-state index in [1.165, 1.54) is 4.90 Å². The minimum Gasteiger partial charge on any atom is -0.488 e. The predicted molar refractivity (Wildman–Crippen MR) is 186 cm³/mol. The second-order valence-corrected chi connectivity index (χ2v) is 13.9. The molecule has 13 heteroatoms. The second-order valence-electron chi connectivity index (χ2n) is 13.5. The summed E-state index contributed by atoms with van der Waals surface area (Å²) in [5.74, 6) is -0.0767. The third-order valence-corrected chi connectivity index (χ3v) is 10.2. The van der Waals surface area contributed by atoms with Crippen molar-refractivity contribution in [3.8, 4) is 17.6 Å². The molecule has 1 aliphatic carbocycles. The molecule has 2 aliphatic heterocycles. The minimum atomic E-state index is -1.44. The van der Waals surface area contributed by atoms with Gasteiger partial charge < -0.3 is 24.7 Å². The lowest BCUT2D eigenvalue weighted by Crippen LogP contribution is -2.74. The van der Waals surface area contributed by atoms with Crippen LogP contribution >= 0.6 is 11.6 Å². The first-order valence-corrected chi connectivity index (χ1v) is 17.7. The molecular weight excluding hydrogens is 699 g/mol. The number of carboxylic acid groups (broad SMARTS) is 1. The van der Waals surface area contributed by atoms with Gasteiger partial charge in [0.25, 0.3) is 0 Å². The Balaban J connectivity index is 1.26. The number of nitrogens with one attached hydrogen (secondary N) is 1. The number of hydrogen-bond acceptors (Lipinski definition) is 6. The zero-order valence-corrected chi connectivity index (χ0v) is 29.1. The highest BCUT2D eigenvalue weighted by Crippen LogP contribution is 2.41. The van der Waals surface area contributed by atoms with Crippen LogP contribution in [0, 0.1) is 29.3 Å². The summed E-state index contributed by atoms with van der Waals surface area (Å²) >= 11 is 6.45. The lowest BCUT2D eigenvalue weighted by atomic mass is 9.73. The molecule has 0 unspecified atom stereocenters. The summed E-state index contributed by atoms with van der Waals surface area (Å²) in [4.78, 5) is 43.4. The van der Waals surface area contributed by atoms with E-state index < -0.39 is 71.6 Å². The molecule has 0 radical (unpaired) electrons. The number of rotatable bonds is 15. The molecule has 6 rings (SSSR count). The van der Waals surface area contributed by atoms with E-state index in [1.807, 2.05) is 47.4 Å². The Morgan fingerprint density at radius 3 is 2.46 bits per heavy atom. The largest absolute Gasteiger partial charge is 0.488 e. The van der Waals surface area contributed by atoms with Crippen LogP contribution in [0.15, 0.2) is 60.7 Å². The number of aliphatic hydroxyl groups excluding tert-OH is 1. The van der Waals surface area contributed by atoms with Crippen molar-refractivity contribution in [3.63, 3.8) is 0 Å². The van der Waals surface area contributed by atoms with Crippen molar-refractivity contribution in [2.75, 3.05) is 19.7 Å². The normalized spacial score (nSPS) is 21.1. The fraction of sp³-hybridized carbons (Fsp3) is 0.410. The molecule has 3 aliphatic rings. The van der Waals surface area contributed by atoms with Gasteiger partial charge in [-0.3, -0.25) is 19.7 Å². The molecule has 3 aromatic carbocycles. The van der Waals surface area contributed by atoms with Gasteiger partial charge in [0.2, 0.25) is 17.6 Å². The van der Waals surface area contributed by atoms with Crippen molar-refractivity contribution in [1.82, 2.24) is 15.1 Å². The molecular formula is C39H39ClF3N3O6. The molecule has 1 saturated carbocycles. The summed E-state index contributed by atoms with van der Waals surface area (Å²) in [6.45, 7) is 0.370. The third kappa shape index (κ3) is 8.22. The van der Waals surface area contributed by atoms with Gasteiger partial charge in [0, 0.05) is 30.6 Å². The van der Waals surface area contributed by atoms with Gasteiger partial charge in [-0.2, -0.15) is 4.39 Å². The van der Waals surface area contributed by atoms with Crippen molar-refractivity contribution >= 4 is 29.4 Å². The summed E-state index contributed by atoms with van der Waals surface area (Å²) in [7, 11) is 0. The molecule has 3 aromatic rings. The smallest absolute Gasteiger partial charge is 0.305 e. The molecule has 3 N–H and O–H groups in total. The maximum Gasteiger partial charge on any atom is 0.305 e. The number of aryl methyl sites for hydroxylation is 1. The van der Waals surface area contributed by atoms with Gasteiger partial charge in [-0.05, 0) is 67.0 Å². The zero-order chi connectivity index (χ0) is 37.0. The number of aliphatic hydroxyl groups is 1. The van der Waals surface area contributed by atoms with Crippen molar-refractivity contribution in [2.45, 2.75) is 81.1 Å². The number of carbonyl (C=O) groups is 3. The van der Waals surface area contributed by atoms with Crippen LogP contribution in [0.4, 0.5) is 13.2 Å². The quantitative estimate of drug-likeness (QED) is 0.114. The summed E-state index contributed by atoms with van der Waals surface area (Å²) in [5, 5.41) is 23.8. The average Bonchev–Trinajstić information content (AvgIpc) is 3.95. The standard InChI is InChI=1S/C39H39ClF3N3O6/c40-30-8-2-1-6-25(30)17-19-45(28-13-14-28)38(51)37-39(18-3-7-27(44-39)23-46(37)33(48)21-29(47)22-34(49)50)26-11-9-24(10-12-26)5-4-20-52-36-32(42)16-15-31(41)35(36)43/h1-2,6,8-12,15-16,27-29,37,44,47H,4-5,13-14,17-23H2,(H,49,50)/t27-,29-,37+,39+/m0/s1. The highest BCUT2D eigenvalue weighted by Gasteiger charge is 2.56. The predicted octanol–water partition coefficient (Wildman–Crippen LogP) is 5.00. The van der Waals surface area contributed by atoms with E-state index in [4.69, 9.17) is 16.3 Å². The highest BCUT2D eigenvalue weighted by molar-refractivity contribution is 6.31. The first-order valence-electron chi connectivity index (χ1n) is 17.3. The highest BCUT2D eigenvalue weighted by atomic mass is 35.5. The van der Waals surface area contributed by atoms with Crippen LogP contribution in [0.25, 0.3) is 0 Å². The van der Waals surface area contributed by atoms with Gasteiger partial charge in [0.15, 0.2) is 17.4 Å². The number of carbonyl (C=O) groups excluding carboxylic acids is 2. The van der Waals surface area contributed by atoms with Gasteiger partial charge >= 0.3 is 5.97 Å². The minimum absolute atomic E-state index is 0.0205. The lowest BCUT2D eigenvalue weighted by molar-refractivity contribution is -0.155. The fourth-order valence-electron chi connectivity index (χ4n) is 7.09. The summed E-state index contributed by atoms with van der Waals surface area (Å²) in [6.07, 6.45) is 0.632. The van der Waals surface area contributed by atoms with Crippen LogP contribution in [0.2, 0.25) is 5.02 Å². The van der Waals surface area contributed by atoms with E-state index in [0.717, 1.165) is 30.0 Å². The van der Waals surface area contributed by atoms with Crippen molar-refractivity contribution < 1.29 is 42.5 Å². The number of fused-ring (bicyclic) bond motifs is 2. The molecule has 2 heterocycles. The Labute approximate surface area is 304 Å². The van der Waals surface area contributed by atoms with E-state index in [9.17, 15) is 37.8 Å². The van der Waals surface area contributed by atoms with Crippen molar-refractivity contribution in [3.05, 3.63) is 99.8 Å². The van der Waals surface area contributed by atoms with Crippen LogP contribution in [0.3, 0.4) is 0 Å². The van der Waals surface area contributed by atoms with Crippen LogP contribution in [0.1, 0.15) is 55.2 Å². The maximum atomic E-state index is 14.9. The van der Waals surface area contributed by atoms with Gasteiger partial charge in [-0.25, -0.2) is 8.78 Å². The number of aliphatic carboxylic acids is 1. The molecule has 0 aromatic heterocycles. The number of benzene rings is 3. The second kappa shape index (κ2) is 16.0. The zero-order valence-electron chi connectivity index (χ0n) is 28.3. The Morgan fingerprint density at radius 1 is 1.02 bits per heavy atom. The Morgan fingerprint density at radius 2 is 1.75 bits per heavy atom. The molecule has 2 fully saturated rings. The number of piperazine rings is 1. The molecule has 4 atom stereocenters. The van der Waals surface area contributed by atoms with Crippen molar-refractivity contribution in [2.24, 2.45) is 0 Å². The van der Waals surface area contributed by atoms with Crippen LogP contribution in [-0.2, 0) is 32.8 Å². The Kier molecular flexibility index (Phi) is 11.4. The first-order chi connectivity index (χ1) is 25.0. The lowest BCUT2D eigenvalue weighted by Gasteiger charge is -2.53. The number of halogens is 4. The van der Waals surface area contributed by atoms with Crippen LogP contribution < -0.4 is 10.1 Å². The molecule has 2 amide bonds. The van der Waals surface area contributed by atoms with E-state index in [1.54, 1.807) is 6.07 Å². The Hall–Kier alpha value is -4.57. The van der Waals surface area contributed by atoms with Gasteiger partial charge in [-0.15, -0.1) is 0 Å². The van der Waals surface area contributed by atoms with Gasteiger partial charge in [0.05, 0.1) is 37.1 Å². The monoisotopic (exact) mass is 737 g/mol. The molecule has 52 heavy (non-hydrogen) atoms. The topological polar surface area (TPSA) is 119 Å². The molecule has 9 nitrogen and oxygen atoms in total. The number of amides is 2. The summed E-state index contributed by atoms with van der Waals surface area (Å²) in [5.41, 5.74) is 1.33. The fourth-order valence-corrected chi connectivity index (χ4v) is 7.32. The van der Waals surface area contributed by atoms with E-state index in [2.05, 4.69) is 17.2 Å². The number of ether oxygens (including phenoxy) is 1. The Bertz CT molecular complexity index is 1880.